The molecule has 0 aliphatic carbocycles. The molecule has 132 valence electrons. The number of carbonyl (C=O) groups is 1. The fourth-order valence-corrected chi connectivity index (χ4v) is 3.05. The molecule has 26 heavy (non-hydrogen) atoms. The van der Waals surface area contributed by atoms with Crippen LogP contribution in [0.15, 0.2) is 84.9 Å². The largest absolute Gasteiger partial charge is 0.465 e. The van der Waals surface area contributed by atoms with Crippen molar-refractivity contribution >= 4 is 5.97 Å². The number of methoxy groups -OCH3 is 1. The molecule has 0 spiro atoms. The minimum atomic E-state index is -0.321. The summed E-state index contributed by atoms with van der Waals surface area (Å²) in [6.07, 6.45) is 0. The molecular weight excluding hydrogens is 322 g/mol. The van der Waals surface area contributed by atoms with Gasteiger partial charge in [-0.3, -0.25) is 5.32 Å². The molecule has 1 unspecified atom stereocenters. The summed E-state index contributed by atoms with van der Waals surface area (Å²) in [5.41, 5.74) is 4.08. The number of rotatable bonds is 6. The summed E-state index contributed by atoms with van der Waals surface area (Å²) in [5, 5.41) is 3.71. The highest BCUT2D eigenvalue weighted by Crippen LogP contribution is 2.26. The highest BCUT2D eigenvalue weighted by molar-refractivity contribution is 5.89. The van der Waals surface area contributed by atoms with Crippen molar-refractivity contribution in [1.29, 1.82) is 0 Å². The maximum atomic E-state index is 11.7. The summed E-state index contributed by atoms with van der Waals surface area (Å²) in [6.45, 7) is 2.16. The van der Waals surface area contributed by atoms with E-state index in [9.17, 15) is 4.79 Å². The monoisotopic (exact) mass is 345 g/mol. The van der Waals surface area contributed by atoms with Gasteiger partial charge < -0.3 is 4.74 Å². The Kier molecular flexibility index (Phi) is 5.82. The van der Waals surface area contributed by atoms with Crippen LogP contribution in [0.4, 0.5) is 0 Å². The summed E-state index contributed by atoms with van der Waals surface area (Å²) in [4.78, 5) is 11.7. The maximum Gasteiger partial charge on any atom is 0.337 e. The molecule has 0 saturated heterocycles. The lowest BCUT2D eigenvalue weighted by atomic mass is 9.96. The van der Waals surface area contributed by atoms with Gasteiger partial charge in [0, 0.05) is 6.04 Å². The highest BCUT2D eigenvalue weighted by Gasteiger charge is 2.18. The van der Waals surface area contributed by atoms with E-state index in [1.165, 1.54) is 18.2 Å². The molecule has 3 rings (SSSR count). The highest BCUT2D eigenvalue weighted by atomic mass is 16.5. The SMILES string of the molecule is COC(=O)c1ccc(C(N[C@H](C)c2ccccc2)c2ccccc2)cc1. The fraction of sp³-hybridized carbons (Fsp3) is 0.174. The number of benzene rings is 3. The predicted octanol–water partition coefficient (Wildman–Crippen LogP) is 4.91. The third-order valence-electron chi connectivity index (χ3n) is 4.51. The normalized spacial score (nSPS) is 13.0. The van der Waals surface area contributed by atoms with Gasteiger partial charge in [0.1, 0.15) is 0 Å². The van der Waals surface area contributed by atoms with E-state index in [1.54, 1.807) is 0 Å². The Balaban J connectivity index is 1.90. The first kappa shape index (κ1) is 17.9. The third kappa shape index (κ3) is 4.19. The zero-order valence-corrected chi connectivity index (χ0v) is 15.1. The summed E-state index contributed by atoms with van der Waals surface area (Å²) >= 11 is 0. The fourth-order valence-electron chi connectivity index (χ4n) is 3.05. The molecule has 0 radical (unpaired) electrons. The Labute approximate surface area is 154 Å². The standard InChI is InChI=1S/C23H23NO2/c1-17(18-9-5-3-6-10-18)24-22(19-11-7-4-8-12-19)20-13-15-21(16-14-20)23(25)26-2/h3-17,22,24H,1-2H3/t17-,22?/m1/s1. The molecule has 3 aromatic rings. The number of nitrogens with one attached hydrogen (secondary N) is 1. The van der Waals surface area contributed by atoms with Crippen LogP contribution < -0.4 is 5.32 Å². The second kappa shape index (κ2) is 8.45. The molecule has 3 aromatic carbocycles. The van der Waals surface area contributed by atoms with E-state index in [1.807, 2.05) is 48.5 Å². The molecule has 0 bridgehead atoms. The second-order valence-corrected chi connectivity index (χ2v) is 6.26. The van der Waals surface area contributed by atoms with E-state index < -0.39 is 0 Å². The third-order valence-corrected chi connectivity index (χ3v) is 4.51. The average Bonchev–Trinajstić information content (AvgIpc) is 2.72. The lowest BCUT2D eigenvalue weighted by Gasteiger charge is -2.25. The zero-order valence-electron chi connectivity index (χ0n) is 15.1. The summed E-state index contributed by atoms with van der Waals surface area (Å²) in [7, 11) is 1.39. The van der Waals surface area contributed by atoms with Crippen molar-refractivity contribution in [1.82, 2.24) is 5.32 Å². The molecule has 0 fully saturated rings. The Bertz CT molecular complexity index is 829. The van der Waals surface area contributed by atoms with Gasteiger partial charge in [-0.05, 0) is 35.7 Å². The van der Waals surface area contributed by atoms with Crippen molar-refractivity contribution in [2.24, 2.45) is 0 Å². The molecule has 3 nitrogen and oxygen atoms in total. The summed E-state index contributed by atoms with van der Waals surface area (Å²) < 4.78 is 4.79. The van der Waals surface area contributed by atoms with E-state index in [-0.39, 0.29) is 18.1 Å². The quantitative estimate of drug-likeness (QED) is 0.645. The number of hydrogen-bond donors (Lipinski definition) is 1. The van der Waals surface area contributed by atoms with E-state index in [4.69, 9.17) is 4.74 Å². The molecule has 3 heteroatoms. The zero-order chi connectivity index (χ0) is 18.4. The van der Waals surface area contributed by atoms with Crippen molar-refractivity contribution < 1.29 is 9.53 Å². The van der Waals surface area contributed by atoms with E-state index in [2.05, 4.69) is 48.6 Å². The molecule has 0 aliphatic rings. The minimum absolute atomic E-state index is 0.0260. The van der Waals surface area contributed by atoms with E-state index >= 15 is 0 Å². The van der Waals surface area contributed by atoms with Gasteiger partial charge in [0.15, 0.2) is 0 Å². The second-order valence-electron chi connectivity index (χ2n) is 6.26. The van der Waals surface area contributed by atoms with Crippen molar-refractivity contribution in [3.63, 3.8) is 0 Å². The van der Waals surface area contributed by atoms with Crippen LogP contribution in [0.2, 0.25) is 0 Å². The average molecular weight is 345 g/mol. The Morgan fingerprint density at radius 3 is 1.81 bits per heavy atom. The first-order chi connectivity index (χ1) is 12.7. The predicted molar refractivity (Wildman–Crippen MR) is 104 cm³/mol. The topological polar surface area (TPSA) is 38.3 Å². The molecule has 0 heterocycles. The van der Waals surface area contributed by atoms with Crippen LogP contribution in [-0.2, 0) is 4.74 Å². The first-order valence-electron chi connectivity index (χ1n) is 8.73. The number of carbonyl (C=O) groups excluding carboxylic acids is 1. The van der Waals surface area contributed by atoms with Crippen molar-refractivity contribution in [3.8, 4) is 0 Å². The van der Waals surface area contributed by atoms with Crippen LogP contribution in [0.1, 0.15) is 46.1 Å². The molecule has 2 atom stereocenters. The Hall–Kier alpha value is -2.91. The summed E-state index contributed by atoms with van der Waals surface area (Å²) in [5.74, 6) is -0.321. The maximum absolute atomic E-state index is 11.7. The van der Waals surface area contributed by atoms with Gasteiger partial charge in [-0.15, -0.1) is 0 Å². The molecule has 0 aromatic heterocycles. The number of ether oxygens (including phenoxy) is 1. The van der Waals surface area contributed by atoms with E-state index in [0.717, 1.165) is 5.56 Å². The molecule has 0 amide bonds. The van der Waals surface area contributed by atoms with Gasteiger partial charge in [-0.25, -0.2) is 4.79 Å². The van der Waals surface area contributed by atoms with Crippen molar-refractivity contribution in [2.75, 3.05) is 7.11 Å². The minimum Gasteiger partial charge on any atom is -0.465 e. The van der Waals surface area contributed by atoms with Gasteiger partial charge in [0.05, 0.1) is 18.7 Å². The molecule has 1 N–H and O–H groups in total. The van der Waals surface area contributed by atoms with E-state index in [0.29, 0.717) is 5.56 Å². The Morgan fingerprint density at radius 1 is 0.769 bits per heavy atom. The Morgan fingerprint density at radius 2 is 1.27 bits per heavy atom. The van der Waals surface area contributed by atoms with Crippen LogP contribution in [0.25, 0.3) is 0 Å². The van der Waals surface area contributed by atoms with Crippen LogP contribution >= 0.6 is 0 Å². The molecular formula is C23H23NO2. The lowest BCUT2D eigenvalue weighted by Crippen LogP contribution is -2.25. The molecule has 0 aliphatic heterocycles. The summed E-state index contributed by atoms with van der Waals surface area (Å²) in [6, 6.07) is 28.5. The van der Waals surface area contributed by atoms with Crippen LogP contribution in [0.3, 0.4) is 0 Å². The smallest absolute Gasteiger partial charge is 0.337 e. The van der Waals surface area contributed by atoms with Crippen molar-refractivity contribution in [3.05, 3.63) is 107 Å². The van der Waals surface area contributed by atoms with Crippen molar-refractivity contribution in [2.45, 2.75) is 19.0 Å². The van der Waals surface area contributed by atoms with Crippen LogP contribution in [-0.4, -0.2) is 13.1 Å². The number of hydrogen-bond acceptors (Lipinski definition) is 3. The van der Waals surface area contributed by atoms with Gasteiger partial charge in [0.2, 0.25) is 0 Å². The molecule has 0 saturated carbocycles. The van der Waals surface area contributed by atoms with Gasteiger partial charge in [-0.2, -0.15) is 0 Å². The van der Waals surface area contributed by atoms with Crippen LogP contribution in [0.5, 0.6) is 0 Å². The van der Waals surface area contributed by atoms with Gasteiger partial charge in [-0.1, -0.05) is 72.8 Å². The lowest BCUT2D eigenvalue weighted by molar-refractivity contribution is 0.0600. The number of esters is 1. The van der Waals surface area contributed by atoms with Crippen LogP contribution in [0, 0.1) is 0 Å². The van der Waals surface area contributed by atoms with Gasteiger partial charge >= 0.3 is 5.97 Å². The first-order valence-corrected chi connectivity index (χ1v) is 8.73. The van der Waals surface area contributed by atoms with Gasteiger partial charge in [0.25, 0.3) is 0 Å².